The molecule has 0 saturated heterocycles. The van der Waals surface area contributed by atoms with Gasteiger partial charge in [0.05, 0.1) is 0 Å². The lowest BCUT2D eigenvalue weighted by molar-refractivity contribution is 0.476. The molecule has 84 valence electrons. The molecule has 1 aliphatic rings. The quantitative estimate of drug-likeness (QED) is 0.801. The van der Waals surface area contributed by atoms with Crippen molar-refractivity contribution in [2.24, 2.45) is 13.0 Å². The number of hydrogen-bond acceptors (Lipinski definition) is 1. The molecule has 0 spiro atoms. The third-order valence-electron chi connectivity index (χ3n) is 3.61. The Morgan fingerprint density at radius 2 is 2.33 bits per heavy atom. The van der Waals surface area contributed by atoms with Gasteiger partial charge in [-0.1, -0.05) is 13.3 Å². The van der Waals surface area contributed by atoms with Crippen LogP contribution in [0.4, 0.5) is 0 Å². The molecule has 1 aromatic rings. The van der Waals surface area contributed by atoms with Crippen LogP contribution in [0.15, 0.2) is 18.5 Å². The molecule has 15 heavy (non-hydrogen) atoms. The van der Waals surface area contributed by atoms with Crippen molar-refractivity contribution in [1.82, 2.24) is 9.88 Å². The monoisotopic (exact) mass is 206 g/mol. The van der Waals surface area contributed by atoms with Crippen molar-refractivity contribution < 1.29 is 0 Å². The first-order chi connectivity index (χ1) is 7.28. The van der Waals surface area contributed by atoms with Crippen LogP contribution in [-0.4, -0.2) is 10.6 Å². The van der Waals surface area contributed by atoms with Crippen LogP contribution in [0, 0.1) is 5.92 Å². The molecule has 1 aliphatic carbocycles. The van der Waals surface area contributed by atoms with Crippen molar-refractivity contribution in [1.29, 1.82) is 0 Å². The van der Waals surface area contributed by atoms with E-state index in [1.165, 1.54) is 31.2 Å². The summed E-state index contributed by atoms with van der Waals surface area (Å²) in [5, 5.41) is 3.66. The van der Waals surface area contributed by atoms with Gasteiger partial charge in [-0.15, -0.1) is 0 Å². The van der Waals surface area contributed by atoms with E-state index in [0.717, 1.165) is 18.5 Å². The van der Waals surface area contributed by atoms with Gasteiger partial charge in [0, 0.05) is 32.0 Å². The maximum atomic E-state index is 3.66. The van der Waals surface area contributed by atoms with E-state index in [1.807, 2.05) is 0 Å². The zero-order chi connectivity index (χ0) is 10.7. The van der Waals surface area contributed by atoms with Gasteiger partial charge in [-0.05, 0) is 36.8 Å². The molecule has 0 aromatic carbocycles. The van der Waals surface area contributed by atoms with E-state index < -0.39 is 0 Å². The van der Waals surface area contributed by atoms with Crippen LogP contribution >= 0.6 is 0 Å². The molecule has 2 heteroatoms. The number of aromatic nitrogens is 1. The fourth-order valence-corrected chi connectivity index (χ4v) is 2.56. The average molecular weight is 206 g/mol. The molecule has 0 bridgehead atoms. The summed E-state index contributed by atoms with van der Waals surface area (Å²) in [6.45, 7) is 3.34. The van der Waals surface area contributed by atoms with E-state index in [0.29, 0.717) is 0 Å². The van der Waals surface area contributed by atoms with Crippen LogP contribution in [0.1, 0.15) is 38.2 Å². The van der Waals surface area contributed by atoms with Crippen LogP contribution in [0.5, 0.6) is 0 Å². The largest absolute Gasteiger partial charge is 0.357 e. The summed E-state index contributed by atoms with van der Waals surface area (Å²) in [6.07, 6.45) is 9.82. The highest BCUT2D eigenvalue weighted by molar-refractivity contribution is 5.09. The number of nitrogens with zero attached hydrogens (tertiary/aromatic N) is 1. The normalized spacial score (nSPS) is 26.0. The van der Waals surface area contributed by atoms with Gasteiger partial charge in [0.1, 0.15) is 0 Å². The summed E-state index contributed by atoms with van der Waals surface area (Å²) in [4.78, 5) is 0. The molecule has 1 fully saturated rings. The first-order valence-electron chi connectivity index (χ1n) is 6.12. The molecule has 1 aromatic heterocycles. The van der Waals surface area contributed by atoms with Crippen LogP contribution in [0.2, 0.25) is 0 Å². The summed E-state index contributed by atoms with van der Waals surface area (Å²) >= 11 is 0. The van der Waals surface area contributed by atoms with Crippen molar-refractivity contribution in [2.75, 3.05) is 0 Å². The molecule has 2 atom stereocenters. The van der Waals surface area contributed by atoms with E-state index in [-0.39, 0.29) is 0 Å². The highest BCUT2D eigenvalue weighted by Crippen LogP contribution is 2.27. The van der Waals surface area contributed by atoms with E-state index >= 15 is 0 Å². The van der Waals surface area contributed by atoms with Gasteiger partial charge >= 0.3 is 0 Å². The summed E-state index contributed by atoms with van der Waals surface area (Å²) < 4.78 is 2.11. The Morgan fingerprint density at radius 3 is 2.93 bits per heavy atom. The van der Waals surface area contributed by atoms with Gasteiger partial charge in [-0.3, -0.25) is 0 Å². The fourth-order valence-electron chi connectivity index (χ4n) is 2.56. The van der Waals surface area contributed by atoms with E-state index in [1.54, 1.807) is 0 Å². The van der Waals surface area contributed by atoms with E-state index in [2.05, 4.69) is 42.3 Å². The Bertz CT molecular complexity index is 303. The molecule has 0 aliphatic heterocycles. The lowest BCUT2D eigenvalue weighted by Crippen LogP contribution is -2.25. The highest BCUT2D eigenvalue weighted by Gasteiger charge is 2.22. The molecule has 0 radical (unpaired) electrons. The molecule has 1 heterocycles. The van der Waals surface area contributed by atoms with Gasteiger partial charge in [0.2, 0.25) is 0 Å². The summed E-state index contributed by atoms with van der Waals surface area (Å²) in [5.74, 6) is 0.971. The van der Waals surface area contributed by atoms with Crippen LogP contribution in [0.25, 0.3) is 0 Å². The predicted molar refractivity (Wildman–Crippen MR) is 63.7 cm³/mol. The third-order valence-corrected chi connectivity index (χ3v) is 3.61. The lowest BCUT2D eigenvalue weighted by atomic mass is 10.1. The molecule has 2 unspecified atom stereocenters. The number of rotatable bonds is 4. The molecule has 2 nitrogen and oxygen atoms in total. The summed E-state index contributed by atoms with van der Waals surface area (Å²) in [6, 6.07) is 2.95. The molecular weight excluding hydrogens is 184 g/mol. The Kier molecular flexibility index (Phi) is 3.47. The third kappa shape index (κ3) is 2.85. The van der Waals surface area contributed by atoms with Crippen molar-refractivity contribution in [2.45, 2.75) is 45.2 Å². The molecule has 1 saturated carbocycles. The standard InChI is InChI=1S/C13H22N2/c1-3-11-4-5-13(8-11)14-9-12-6-7-15(2)10-12/h6-7,10-11,13-14H,3-5,8-9H2,1-2H3. The number of aryl methyl sites for hydroxylation is 1. The van der Waals surface area contributed by atoms with Gasteiger partial charge in [0.25, 0.3) is 0 Å². The van der Waals surface area contributed by atoms with Crippen LogP contribution < -0.4 is 5.32 Å². The number of hydrogen-bond donors (Lipinski definition) is 1. The second-order valence-corrected chi connectivity index (χ2v) is 4.85. The van der Waals surface area contributed by atoms with Gasteiger partial charge < -0.3 is 9.88 Å². The highest BCUT2D eigenvalue weighted by atomic mass is 14.9. The molecule has 2 rings (SSSR count). The molecular formula is C13H22N2. The summed E-state index contributed by atoms with van der Waals surface area (Å²) in [5.41, 5.74) is 1.40. The first-order valence-corrected chi connectivity index (χ1v) is 6.12. The second kappa shape index (κ2) is 4.84. The van der Waals surface area contributed by atoms with Crippen molar-refractivity contribution in [3.8, 4) is 0 Å². The Morgan fingerprint density at radius 1 is 1.47 bits per heavy atom. The maximum Gasteiger partial charge on any atom is 0.0223 e. The van der Waals surface area contributed by atoms with E-state index in [4.69, 9.17) is 0 Å². The Balaban J connectivity index is 1.75. The zero-order valence-electron chi connectivity index (χ0n) is 9.87. The van der Waals surface area contributed by atoms with Gasteiger partial charge in [-0.25, -0.2) is 0 Å². The minimum Gasteiger partial charge on any atom is -0.357 e. The van der Waals surface area contributed by atoms with Crippen LogP contribution in [0.3, 0.4) is 0 Å². The maximum absolute atomic E-state index is 3.66. The van der Waals surface area contributed by atoms with Crippen molar-refractivity contribution >= 4 is 0 Å². The second-order valence-electron chi connectivity index (χ2n) is 4.85. The van der Waals surface area contributed by atoms with Crippen molar-refractivity contribution in [3.63, 3.8) is 0 Å². The molecule has 1 N–H and O–H groups in total. The topological polar surface area (TPSA) is 17.0 Å². The summed E-state index contributed by atoms with van der Waals surface area (Å²) in [7, 11) is 2.08. The van der Waals surface area contributed by atoms with Gasteiger partial charge in [-0.2, -0.15) is 0 Å². The lowest BCUT2D eigenvalue weighted by Gasteiger charge is -2.11. The first kappa shape index (κ1) is 10.7. The smallest absolute Gasteiger partial charge is 0.0223 e. The minimum atomic E-state index is 0.759. The van der Waals surface area contributed by atoms with Gasteiger partial charge in [0.15, 0.2) is 0 Å². The molecule has 0 amide bonds. The Labute approximate surface area is 92.7 Å². The van der Waals surface area contributed by atoms with Crippen molar-refractivity contribution in [3.05, 3.63) is 24.0 Å². The SMILES string of the molecule is CCC1CCC(NCc2ccn(C)c2)C1. The Hall–Kier alpha value is -0.760. The fraction of sp³-hybridized carbons (Fsp3) is 0.692. The van der Waals surface area contributed by atoms with Crippen LogP contribution in [-0.2, 0) is 13.6 Å². The van der Waals surface area contributed by atoms with E-state index in [9.17, 15) is 0 Å². The number of nitrogens with one attached hydrogen (secondary N) is 1. The minimum absolute atomic E-state index is 0.759. The zero-order valence-corrected chi connectivity index (χ0v) is 9.87. The average Bonchev–Trinajstić information content (AvgIpc) is 2.83. The predicted octanol–water partition coefficient (Wildman–Crippen LogP) is 2.69.